The van der Waals surface area contributed by atoms with Gasteiger partial charge < -0.3 is 19.5 Å². The van der Waals surface area contributed by atoms with E-state index in [1.54, 1.807) is 20.1 Å². The van der Waals surface area contributed by atoms with Gasteiger partial charge >= 0.3 is 5.97 Å². The van der Waals surface area contributed by atoms with Crippen LogP contribution >= 0.6 is 15.9 Å². The van der Waals surface area contributed by atoms with Crippen LogP contribution in [0.25, 0.3) is 0 Å². The first-order valence-electron chi connectivity index (χ1n) is 6.90. The summed E-state index contributed by atoms with van der Waals surface area (Å²) >= 11 is 3.48. The third-order valence-electron chi connectivity index (χ3n) is 3.09. The number of benzene rings is 1. The number of methoxy groups -OCH3 is 1. The molecule has 1 aromatic rings. The molecule has 1 rings (SSSR count). The van der Waals surface area contributed by atoms with Gasteiger partial charge in [0.2, 0.25) is 0 Å². The minimum absolute atomic E-state index is 0.393. The van der Waals surface area contributed by atoms with E-state index >= 15 is 0 Å². The zero-order chi connectivity index (χ0) is 16.7. The van der Waals surface area contributed by atoms with E-state index in [1.807, 2.05) is 24.1 Å². The Kier molecular flexibility index (Phi) is 7.41. The van der Waals surface area contributed by atoms with Gasteiger partial charge in [0.05, 0.1) is 17.5 Å². The first-order valence-corrected chi connectivity index (χ1v) is 7.69. The molecular formula is C16H22BrNO4. The fourth-order valence-electron chi connectivity index (χ4n) is 2.07. The Labute approximate surface area is 139 Å². The van der Waals surface area contributed by atoms with Gasteiger partial charge in [-0.3, -0.25) is 4.79 Å². The molecule has 0 bridgehead atoms. The van der Waals surface area contributed by atoms with Gasteiger partial charge in [0.15, 0.2) is 11.5 Å². The average molecular weight is 372 g/mol. The number of hydrogen-bond donors (Lipinski definition) is 1. The van der Waals surface area contributed by atoms with E-state index in [1.165, 1.54) is 0 Å². The fourth-order valence-corrected chi connectivity index (χ4v) is 2.67. The summed E-state index contributed by atoms with van der Waals surface area (Å²) in [5.41, 5.74) is 1.01. The molecule has 0 amide bonds. The molecule has 1 atom stereocenters. The minimum atomic E-state index is -0.793. The second kappa shape index (κ2) is 8.80. The Morgan fingerprint density at radius 2 is 2.23 bits per heavy atom. The van der Waals surface area contributed by atoms with E-state index in [0.717, 1.165) is 10.0 Å². The predicted octanol–water partition coefficient (Wildman–Crippen LogP) is 3.18. The molecule has 1 aromatic carbocycles. The largest absolute Gasteiger partial charge is 0.493 e. The van der Waals surface area contributed by atoms with Crippen molar-refractivity contribution in [2.45, 2.75) is 13.5 Å². The zero-order valence-corrected chi connectivity index (χ0v) is 14.7. The van der Waals surface area contributed by atoms with Gasteiger partial charge in [-0.25, -0.2) is 0 Å². The number of carboxylic acids is 1. The van der Waals surface area contributed by atoms with Crippen molar-refractivity contribution in [1.82, 2.24) is 4.90 Å². The lowest BCUT2D eigenvalue weighted by Crippen LogP contribution is -2.28. The van der Waals surface area contributed by atoms with Crippen LogP contribution in [0.15, 0.2) is 29.3 Å². The number of nitrogens with zero attached hydrogens (tertiary/aromatic N) is 1. The van der Waals surface area contributed by atoms with Crippen molar-refractivity contribution in [1.29, 1.82) is 0 Å². The molecule has 0 saturated heterocycles. The normalized spacial score (nSPS) is 12.0. The number of hydrogen-bond acceptors (Lipinski definition) is 4. The van der Waals surface area contributed by atoms with Crippen LogP contribution in [-0.4, -0.2) is 43.3 Å². The van der Waals surface area contributed by atoms with E-state index in [0.29, 0.717) is 31.2 Å². The highest BCUT2D eigenvalue weighted by atomic mass is 79.9. The molecule has 22 heavy (non-hydrogen) atoms. The van der Waals surface area contributed by atoms with Crippen LogP contribution in [-0.2, 0) is 11.3 Å². The van der Waals surface area contributed by atoms with Gasteiger partial charge in [-0.2, -0.15) is 0 Å². The summed E-state index contributed by atoms with van der Waals surface area (Å²) in [6, 6.07) is 3.84. The Morgan fingerprint density at radius 3 is 2.77 bits per heavy atom. The summed E-state index contributed by atoms with van der Waals surface area (Å²) in [6.45, 7) is 6.81. The topological polar surface area (TPSA) is 59.0 Å². The van der Waals surface area contributed by atoms with Crippen LogP contribution in [0.4, 0.5) is 0 Å². The quantitative estimate of drug-likeness (QED) is 0.675. The van der Waals surface area contributed by atoms with Gasteiger partial charge in [0.1, 0.15) is 6.61 Å². The number of halogens is 1. The number of rotatable bonds is 9. The van der Waals surface area contributed by atoms with Crippen molar-refractivity contribution in [3.63, 3.8) is 0 Å². The molecule has 1 unspecified atom stereocenters. The smallest absolute Gasteiger partial charge is 0.307 e. The summed E-state index contributed by atoms with van der Waals surface area (Å²) in [4.78, 5) is 12.9. The van der Waals surface area contributed by atoms with Crippen LogP contribution in [0.5, 0.6) is 11.5 Å². The summed E-state index contributed by atoms with van der Waals surface area (Å²) in [6.07, 6.45) is 1.67. The molecule has 0 aliphatic rings. The molecule has 0 aliphatic heterocycles. The molecule has 0 aromatic heterocycles. The van der Waals surface area contributed by atoms with Gasteiger partial charge in [-0.15, -0.1) is 0 Å². The van der Waals surface area contributed by atoms with Gasteiger partial charge in [-0.05, 0) is 40.7 Å². The molecule has 0 saturated carbocycles. The SMILES string of the molecule is C=CCOc1c(Br)cc(CN(C)CC(C)C(=O)O)cc1OC. The fraction of sp³-hybridized carbons (Fsp3) is 0.438. The summed E-state index contributed by atoms with van der Waals surface area (Å²) < 4.78 is 11.7. The lowest BCUT2D eigenvalue weighted by molar-refractivity contribution is -0.141. The third kappa shape index (κ3) is 5.35. The van der Waals surface area contributed by atoms with Gasteiger partial charge in [0.25, 0.3) is 0 Å². The minimum Gasteiger partial charge on any atom is -0.493 e. The van der Waals surface area contributed by atoms with Crippen LogP contribution in [0, 0.1) is 5.92 Å². The van der Waals surface area contributed by atoms with Crippen molar-refractivity contribution in [3.8, 4) is 11.5 Å². The summed E-state index contributed by atoms with van der Waals surface area (Å²) in [7, 11) is 3.48. The molecular weight excluding hydrogens is 350 g/mol. The highest BCUT2D eigenvalue weighted by Crippen LogP contribution is 2.37. The van der Waals surface area contributed by atoms with E-state index in [2.05, 4.69) is 22.5 Å². The van der Waals surface area contributed by atoms with Crippen molar-refractivity contribution in [2.75, 3.05) is 27.3 Å². The van der Waals surface area contributed by atoms with Crippen molar-refractivity contribution < 1.29 is 19.4 Å². The van der Waals surface area contributed by atoms with Crippen molar-refractivity contribution >= 4 is 21.9 Å². The highest BCUT2D eigenvalue weighted by molar-refractivity contribution is 9.10. The Bertz CT molecular complexity index is 533. The first-order chi connectivity index (χ1) is 10.4. The van der Waals surface area contributed by atoms with Crippen molar-refractivity contribution in [2.24, 2.45) is 5.92 Å². The predicted molar refractivity (Wildman–Crippen MR) is 89.5 cm³/mol. The number of carboxylic acid groups (broad SMARTS) is 1. The molecule has 122 valence electrons. The lowest BCUT2D eigenvalue weighted by atomic mass is 10.1. The number of carbonyl (C=O) groups is 1. The maximum Gasteiger partial charge on any atom is 0.307 e. The van der Waals surface area contributed by atoms with Gasteiger partial charge in [-0.1, -0.05) is 19.6 Å². The molecule has 0 spiro atoms. The Hall–Kier alpha value is -1.53. The molecule has 0 aliphatic carbocycles. The first kappa shape index (κ1) is 18.5. The van der Waals surface area contributed by atoms with Crippen LogP contribution in [0.2, 0.25) is 0 Å². The monoisotopic (exact) mass is 371 g/mol. The second-order valence-corrected chi connectivity index (χ2v) is 6.00. The molecule has 6 heteroatoms. The van der Waals surface area contributed by atoms with E-state index in [4.69, 9.17) is 14.6 Å². The molecule has 0 fully saturated rings. The van der Waals surface area contributed by atoms with Crippen LogP contribution < -0.4 is 9.47 Å². The van der Waals surface area contributed by atoms with E-state index in [-0.39, 0.29) is 0 Å². The Balaban J connectivity index is 2.85. The second-order valence-electron chi connectivity index (χ2n) is 5.14. The third-order valence-corrected chi connectivity index (χ3v) is 3.68. The molecule has 0 radical (unpaired) electrons. The van der Waals surface area contributed by atoms with E-state index < -0.39 is 11.9 Å². The molecule has 0 heterocycles. The zero-order valence-electron chi connectivity index (χ0n) is 13.1. The number of ether oxygens (including phenoxy) is 2. The van der Waals surface area contributed by atoms with Crippen LogP contribution in [0.1, 0.15) is 12.5 Å². The molecule has 1 N–H and O–H groups in total. The standard InChI is InChI=1S/C16H22BrNO4/c1-5-6-22-15-13(17)7-12(8-14(15)21-4)10-18(3)9-11(2)16(19)20/h5,7-8,11H,1,6,9-10H2,2-4H3,(H,19,20). The van der Waals surface area contributed by atoms with Crippen LogP contribution in [0.3, 0.4) is 0 Å². The number of aliphatic carboxylic acids is 1. The lowest BCUT2D eigenvalue weighted by Gasteiger charge is -2.20. The highest BCUT2D eigenvalue weighted by Gasteiger charge is 2.16. The maximum atomic E-state index is 10.9. The maximum absolute atomic E-state index is 10.9. The summed E-state index contributed by atoms with van der Waals surface area (Å²) in [5, 5.41) is 8.96. The van der Waals surface area contributed by atoms with E-state index in [9.17, 15) is 4.79 Å². The average Bonchev–Trinajstić information content (AvgIpc) is 2.45. The summed E-state index contributed by atoms with van der Waals surface area (Å²) in [5.74, 6) is 0.0583. The van der Waals surface area contributed by atoms with Gasteiger partial charge in [0, 0.05) is 13.1 Å². The molecule has 5 nitrogen and oxygen atoms in total. The Morgan fingerprint density at radius 1 is 1.55 bits per heavy atom. The van der Waals surface area contributed by atoms with Crippen molar-refractivity contribution in [3.05, 3.63) is 34.8 Å².